The van der Waals surface area contributed by atoms with Crippen molar-refractivity contribution < 1.29 is 9.50 Å². The molecule has 1 aromatic carbocycles. The highest BCUT2D eigenvalue weighted by Crippen LogP contribution is 2.30. The van der Waals surface area contributed by atoms with Crippen LogP contribution >= 0.6 is 0 Å². The van der Waals surface area contributed by atoms with Crippen LogP contribution in [0.2, 0.25) is 0 Å². The predicted molar refractivity (Wildman–Crippen MR) is 57.6 cm³/mol. The molecule has 1 fully saturated rings. The van der Waals surface area contributed by atoms with Gasteiger partial charge >= 0.3 is 0 Å². The van der Waals surface area contributed by atoms with Gasteiger partial charge in [0.15, 0.2) is 11.6 Å². The van der Waals surface area contributed by atoms with Gasteiger partial charge in [0.2, 0.25) is 0 Å². The van der Waals surface area contributed by atoms with Crippen LogP contribution in [0.25, 0.3) is 0 Å². The molecule has 1 aromatic rings. The lowest BCUT2D eigenvalue weighted by atomic mass is 9.88. The second-order valence-corrected chi connectivity index (χ2v) is 4.20. The van der Waals surface area contributed by atoms with E-state index < -0.39 is 5.82 Å². The van der Waals surface area contributed by atoms with Crippen molar-refractivity contribution in [2.24, 2.45) is 0 Å². The minimum atomic E-state index is -0.528. The van der Waals surface area contributed by atoms with Crippen LogP contribution in [0.1, 0.15) is 29.9 Å². The Bertz CT molecular complexity index is 359. The molecule has 15 heavy (non-hydrogen) atoms. The summed E-state index contributed by atoms with van der Waals surface area (Å²) in [6, 6.07) is 2.99. The molecule has 1 aliphatic heterocycles. The van der Waals surface area contributed by atoms with Crippen LogP contribution in [0.5, 0.6) is 5.75 Å². The van der Waals surface area contributed by atoms with E-state index in [-0.39, 0.29) is 5.75 Å². The van der Waals surface area contributed by atoms with Gasteiger partial charge in [0.25, 0.3) is 0 Å². The Hall–Kier alpha value is -1.09. The molecular weight excluding hydrogens is 193 g/mol. The highest BCUT2D eigenvalue weighted by molar-refractivity contribution is 5.38. The first-order valence-corrected chi connectivity index (χ1v) is 5.38. The standard InChI is InChI=1S/C12H16FNO/c1-8-5-11(13)12(15)6-10(8)9-3-2-4-14-7-9/h5-6,9,14-15H,2-4,7H2,1H3. The van der Waals surface area contributed by atoms with E-state index in [1.54, 1.807) is 6.07 Å². The van der Waals surface area contributed by atoms with E-state index in [1.165, 1.54) is 6.07 Å². The van der Waals surface area contributed by atoms with E-state index in [4.69, 9.17) is 0 Å². The Morgan fingerprint density at radius 1 is 1.47 bits per heavy atom. The van der Waals surface area contributed by atoms with Crippen molar-refractivity contribution in [3.8, 4) is 5.75 Å². The Labute approximate surface area is 89.1 Å². The minimum absolute atomic E-state index is 0.235. The lowest BCUT2D eigenvalue weighted by Crippen LogP contribution is -2.28. The molecule has 0 aromatic heterocycles. The quantitative estimate of drug-likeness (QED) is 0.744. The van der Waals surface area contributed by atoms with Crippen LogP contribution in [0.15, 0.2) is 12.1 Å². The minimum Gasteiger partial charge on any atom is -0.505 e. The largest absolute Gasteiger partial charge is 0.505 e. The molecule has 1 aliphatic rings. The molecule has 0 saturated carbocycles. The van der Waals surface area contributed by atoms with Crippen LogP contribution in [-0.4, -0.2) is 18.2 Å². The van der Waals surface area contributed by atoms with Crippen molar-refractivity contribution in [2.75, 3.05) is 13.1 Å². The number of piperidine rings is 1. The number of phenolic OH excluding ortho intramolecular Hbond substituents is 1. The van der Waals surface area contributed by atoms with Gasteiger partial charge in [-0.15, -0.1) is 0 Å². The molecule has 2 nitrogen and oxygen atoms in total. The smallest absolute Gasteiger partial charge is 0.165 e. The predicted octanol–water partition coefficient (Wildman–Crippen LogP) is 2.31. The first-order chi connectivity index (χ1) is 7.18. The fraction of sp³-hybridized carbons (Fsp3) is 0.500. The summed E-state index contributed by atoms with van der Waals surface area (Å²) >= 11 is 0. The fourth-order valence-electron chi connectivity index (χ4n) is 2.23. The van der Waals surface area contributed by atoms with Crippen molar-refractivity contribution in [1.82, 2.24) is 5.32 Å². The first kappa shape index (κ1) is 10.4. The van der Waals surface area contributed by atoms with Gasteiger partial charge < -0.3 is 10.4 Å². The fourth-order valence-corrected chi connectivity index (χ4v) is 2.23. The molecule has 0 bridgehead atoms. The highest BCUT2D eigenvalue weighted by atomic mass is 19.1. The number of hydrogen-bond acceptors (Lipinski definition) is 2. The SMILES string of the molecule is Cc1cc(F)c(O)cc1C1CCCNC1. The summed E-state index contributed by atoms with van der Waals surface area (Å²) in [6.45, 7) is 3.88. The third-order valence-corrected chi connectivity index (χ3v) is 3.07. The molecule has 1 atom stereocenters. The van der Waals surface area contributed by atoms with Gasteiger partial charge in [-0.2, -0.15) is 0 Å². The van der Waals surface area contributed by atoms with E-state index in [0.29, 0.717) is 5.92 Å². The number of nitrogens with one attached hydrogen (secondary N) is 1. The summed E-state index contributed by atoms with van der Waals surface area (Å²) in [5.74, 6) is -0.355. The van der Waals surface area contributed by atoms with Crippen LogP contribution in [0.4, 0.5) is 4.39 Å². The van der Waals surface area contributed by atoms with E-state index in [2.05, 4.69) is 5.32 Å². The Balaban J connectivity index is 2.30. The molecule has 3 heteroatoms. The van der Waals surface area contributed by atoms with Crippen LogP contribution in [0, 0.1) is 12.7 Å². The third-order valence-electron chi connectivity index (χ3n) is 3.07. The summed E-state index contributed by atoms with van der Waals surface area (Å²) < 4.78 is 13.1. The van der Waals surface area contributed by atoms with Crippen molar-refractivity contribution in [1.29, 1.82) is 0 Å². The van der Waals surface area contributed by atoms with Crippen molar-refractivity contribution in [3.63, 3.8) is 0 Å². The number of aromatic hydroxyl groups is 1. The van der Waals surface area contributed by atoms with Gasteiger partial charge in [-0.05, 0) is 55.5 Å². The molecule has 0 radical (unpaired) electrons. The van der Waals surface area contributed by atoms with E-state index in [1.807, 2.05) is 6.92 Å². The Morgan fingerprint density at radius 3 is 2.93 bits per heavy atom. The van der Waals surface area contributed by atoms with Crippen molar-refractivity contribution >= 4 is 0 Å². The molecule has 0 aliphatic carbocycles. The van der Waals surface area contributed by atoms with Gasteiger partial charge in [0.05, 0.1) is 0 Å². The van der Waals surface area contributed by atoms with E-state index >= 15 is 0 Å². The number of halogens is 1. The van der Waals surface area contributed by atoms with Crippen molar-refractivity contribution in [2.45, 2.75) is 25.7 Å². The van der Waals surface area contributed by atoms with Gasteiger partial charge in [0.1, 0.15) is 0 Å². The van der Waals surface area contributed by atoms with E-state index in [9.17, 15) is 9.50 Å². The molecule has 2 rings (SSSR count). The van der Waals surface area contributed by atoms with Crippen LogP contribution in [-0.2, 0) is 0 Å². The molecule has 0 amide bonds. The first-order valence-electron chi connectivity index (χ1n) is 5.38. The average Bonchev–Trinajstić information content (AvgIpc) is 2.25. The zero-order valence-electron chi connectivity index (χ0n) is 8.89. The Morgan fingerprint density at radius 2 is 2.27 bits per heavy atom. The number of benzene rings is 1. The summed E-state index contributed by atoms with van der Waals surface area (Å²) in [6.07, 6.45) is 2.25. The number of aryl methyl sites for hydroxylation is 1. The second-order valence-electron chi connectivity index (χ2n) is 4.20. The molecule has 82 valence electrons. The summed E-state index contributed by atoms with van der Waals surface area (Å²) in [4.78, 5) is 0. The maximum atomic E-state index is 13.1. The van der Waals surface area contributed by atoms with E-state index in [0.717, 1.165) is 37.1 Å². The van der Waals surface area contributed by atoms with Gasteiger partial charge in [-0.1, -0.05) is 0 Å². The van der Waals surface area contributed by atoms with Crippen LogP contribution in [0.3, 0.4) is 0 Å². The van der Waals surface area contributed by atoms with Crippen molar-refractivity contribution in [3.05, 3.63) is 29.1 Å². The third kappa shape index (κ3) is 2.12. The maximum absolute atomic E-state index is 13.1. The average molecular weight is 209 g/mol. The Kier molecular flexibility index (Phi) is 2.91. The molecule has 2 N–H and O–H groups in total. The summed E-state index contributed by atoms with van der Waals surface area (Å²) in [5.41, 5.74) is 2.00. The topological polar surface area (TPSA) is 32.3 Å². The molecule has 0 spiro atoms. The molecule has 1 saturated heterocycles. The number of phenols is 1. The monoisotopic (exact) mass is 209 g/mol. The summed E-state index contributed by atoms with van der Waals surface area (Å²) in [5, 5.41) is 12.7. The maximum Gasteiger partial charge on any atom is 0.165 e. The lowest BCUT2D eigenvalue weighted by Gasteiger charge is -2.24. The zero-order valence-corrected chi connectivity index (χ0v) is 8.89. The summed E-state index contributed by atoms with van der Waals surface area (Å²) in [7, 11) is 0. The lowest BCUT2D eigenvalue weighted by molar-refractivity contribution is 0.424. The second kappa shape index (κ2) is 4.19. The highest BCUT2D eigenvalue weighted by Gasteiger charge is 2.18. The normalized spacial score (nSPS) is 21.6. The van der Waals surface area contributed by atoms with Gasteiger partial charge in [-0.3, -0.25) is 0 Å². The van der Waals surface area contributed by atoms with Gasteiger partial charge in [0, 0.05) is 6.54 Å². The zero-order chi connectivity index (χ0) is 10.8. The number of hydrogen-bond donors (Lipinski definition) is 2. The molecule has 1 heterocycles. The van der Waals surface area contributed by atoms with Gasteiger partial charge in [-0.25, -0.2) is 4.39 Å². The molecule has 1 unspecified atom stereocenters. The number of rotatable bonds is 1. The van der Waals surface area contributed by atoms with Crippen LogP contribution < -0.4 is 5.32 Å². The molecular formula is C12H16FNO.